The summed E-state index contributed by atoms with van der Waals surface area (Å²) in [7, 11) is 3.49. The second kappa shape index (κ2) is 7.51. The summed E-state index contributed by atoms with van der Waals surface area (Å²) < 4.78 is 5.50. The van der Waals surface area contributed by atoms with Crippen LogP contribution < -0.4 is 0 Å². The quantitative estimate of drug-likeness (QED) is 0.762. The molecule has 1 aromatic carbocycles. The molecule has 0 spiro atoms. The number of hydrogen-bond acceptors (Lipinski definition) is 6. The van der Waals surface area contributed by atoms with E-state index in [0.29, 0.717) is 16.7 Å². The van der Waals surface area contributed by atoms with Gasteiger partial charge in [0.05, 0.1) is 5.75 Å². The van der Waals surface area contributed by atoms with Gasteiger partial charge in [-0.25, -0.2) is 0 Å². The van der Waals surface area contributed by atoms with E-state index in [4.69, 9.17) is 4.42 Å². The Morgan fingerprint density at radius 1 is 1.19 bits per heavy atom. The second-order valence-corrected chi connectivity index (χ2v) is 6.37. The third-order valence-corrected chi connectivity index (χ3v) is 4.11. The van der Waals surface area contributed by atoms with Gasteiger partial charge in [0.15, 0.2) is 0 Å². The first-order valence-electron chi connectivity index (χ1n) is 6.35. The molecule has 0 radical (unpaired) electrons. The van der Waals surface area contributed by atoms with E-state index >= 15 is 0 Å². The molecule has 0 bridgehead atoms. The van der Waals surface area contributed by atoms with Crippen LogP contribution in [0.5, 0.6) is 0 Å². The number of carbonyl (C=O) groups excluding carboxylic acids is 1. The van der Waals surface area contributed by atoms with Crippen molar-refractivity contribution >= 4 is 29.4 Å². The van der Waals surface area contributed by atoms with E-state index in [-0.39, 0.29) is 5.91 Å². The number of amides is 1. The lowest BCUT2D eigenvalue weighted by Crippen LogP contribution is -2.21. The Bertz CT molecular complexity index is 597. The normalized spacial score (nSPS) is 10.6. The molecule has 0 N–H and O–H groups in total. The van der Waals surface area contributed by atoms with Gasteiger partial charge in [-0.2, -0.15) is 11.8 Å². The smallest absolute Gasteiger partial charge is 0.276 e. The summed E-state index contributed by atoms with van der Waals surface area (Å²) >= 11 is 3.14. The van der Waals surface area contributed by atoms with Crippen molar-refractivity contribution in [3.8, 4) is 0 Å². The minimum atomic E-state index is 0.00723. The van der Waals surface area contributed by atoms with Crippen molar-refractivity contribution in [2.75, 3.05) is 20.4 Å². The van der Waals surface area contributed by atoms with Crippen LogP contribution >= 0.6 is 23.5 Å². The molecule has 21 heavy (non-hydrogen) atoms. The Morgan fingerprint density at radius 2 is 1.90 bits per heavy atom. The number of thioether (sulfide) groups is 2. The highest BCUT2D eigenvalue weighted by Gasteiger charge is 2.09. The van der Waals surface area contributed by atoms with Crippen LogP contribution in [0.1, 0.15) is 21.8 Å². The Labute approximate surface area is 132 Å². The van der Waals surface area contributed by atoms with Gasteiger partial charge in [0.25, 0.3) is 11.1 Å². The first kappa shape index (κ1) is 15.9. The predicted octanol–water partition coefficient (Wildman–Crippen LogP) is 2.93. The van der Waals surface area contributed by atoms with E-state index in [1.165, 1.54) is 11.8 Å². The number of aromatic nitrogens is 2. The number of carbonyl (C=O) groups is 1. The van der Waals surface area contributed by atoms with Crippen molar-refractivity contribution in [3.63, 3.8) is 0 Å². The average Bonchev–Trinajstić information content (AvgIpc) is 2.93. The zero-order valence-corrected chi connectivity index (χ0v) is 13.8. The summed E-state index contributed by atoms with van der Waals surface area (Å²) in [5, 5.41) is 8.53. The van der Waals surface area contributed by atoms with Crippen molar-refractivity contribution in [3.05, 3.63) is 41.3 Å². The van der Waals surface area contributed by atoms with Crippen molar-refractivity contribution in [2.45, 2.75) is 16.7 Å². The molecule has 2 rings (SSSR count). The fraction of sp³-hybridized carbons (Fsp3) is 0.357. The third kappa shape index (κ3) is 4.50. The summed E-state index contributed by atoms with van der Waals surface area (Å²) in [6.45, 7) is 0. The van der Waals surface area contributed by atoms with Crippen LogP contribution in [0.4, 0.5) is 0 Å². The number of rotatable bonds is 6. The Hall–Kier alpha value is -1.47. The monoisotopic (exact) mass is 323 g/mol. The number of benzene rings is 1. The predicted molar refractivity (Wildman–Crippen MR) is 85.5 cm³/mol. The summed E-state index contributed by atoms with van der Waals surface area (Å²) in [5.74, 6) is 2.12. The summed E-state index contributed by atoms with van der Waals surface area (Å²) in [6.07, 6.45) is 1.99. The first-order valence-corrected chi connectivity index (χ1v) is 8.73. The SMILES string of the molecule is CSCc1nnc(SCc2ccc(C(=O)N(C)C)cc2)o1. The van der Waals surface area contributed by atoms with Crippen LogP contribution in [0.2, 0.25) is 0 Å². The molecule has 1 heterocycles. The van der Waals surface area contributed by atoms with Crippen LogP contribution in [0.15, 0.2) is 33.9 Å². The molecule has 5 nitrogen and oxygen atoms in total. The molecule has 0 saturated heterocycles. The second-order valence-electron chi connectivity index (χ2n) is 4.58. The molecule has 112 valence electrons. The molecule has 0 fully saturated rings. The van der Waals surface area contributed by atoms with Crippen molar-refractivity contribution in [1.82, 2.24) is 15.1 Å². The highest BCUT2D eigenvalue weighted by atomic mass is 32.2. The highest BCUT2D eigenvalue weighted by molar-refractivity contribution is 7.98. The molecule has 0 unspecified atom stereocenters. The fourth-order valence-corrected chi connectivity index (χ4v) is 2.73. The lowest BCUT2D eigenvalue weighted by atomic mass is 10.1. The van der Waals surface area contributed by atoms with Gasteiger partial charge in [-0.15, -0.1) is 10.2 Å². The lowest BCUT2D eigenvalue weighted by Gasteiger charge is -2.10. The Kier molecular flexibility index (Phi) is 5.69. The van der Waals surface area contributed by atoms with E-state index < -0.39 is 0 Å². The molecule has 1 amide bonds. The van der Waals surface area contributed by atoms with Gasteiger partial charge in [-0.1, -0.05) is 23.9 Å². The minimum absolute atomic E-state index is 0.00723. The largest absolute Gasteiger partial charge is 0.415 e. The van der Waals surface area contributed by atoms with Crippen LogP contribution in [0.25, 0.3) is 0 Å². The van der Waals surface area contributed by atoms with Gasteiger partial charge in [-0.3, -0.25) is 4.79 Å². The summed E-state index contributed by atoms with van der Waals surface area (Å²) in [5.41, 5.74) is 1.80. The van der Waals surface area contributed by atoms with E-state index in [2.05, 4.69) is 10.2 Å². The third-order valence-electron chi connectivity index (χ3n) is 2.69. The van der Waals surface area contributed by atoms with E-state index in [1.807, 2.05) is 30.5 Å². The van der Waals surface area contributed by atoms with E-state index in [1.54, 1.807) is 30.8 Å². The maximum absolute atomic E-state index is 11.8. The maximum Gasteiger partial charge on any atom is 0.276 e. The number of nitrogens with zero attached hydrogens (tertiary/aromatic N) is 3. The van der Waals surface area contributed by atoms with Crippen LogP contribution in [-0.4, -0.2) is 41.4 Å². The Balaban J connectivity index is 1.92. The molecule has 1 aromatic heterocycles. The minimum Gasteiger partial charge on any atom is -0.415 e. The molecular formula is C14H17N3O2S2. The first-order chi connectivity index (χ1) is 10.1. The van der Waals surface area contributed by atoms with Crippen molar-refractivity contribution in [2.24, 2.45) is 0 Å². The molecule has 7 heteroatoms. The van der Waals surface area contributed by atoms with Gasteiger partial charge < -0.3 is 9.32 Å². The fourth-order valence-electron chi connectivity index (χ4n) is 1.63. The molecule has 2 aromatic rings. The molecule has 0 aliphatic rings. The molecular weight excluding hydrogens is 306 g/mol. The molecule has 0 saturated carbocycles. The number of hydrogen-bond donors (Lipinski definition) is 0. The Morgan fingerprint density at radius 3 is 2.52 bits per heavy atom. The maximum atomic E-state index is 11.8. The van der Waals surface area contributed by atoms with Gasteiger partial charge in [0.2, 0.25) is 5.89 Å². The molecule has 0 aliphatic carbocycles. The van der Waals surface area contributed by atoms with Crippen LogP contribution in [-0.2, 0) is 11.5 Å². The summed E-state index contributed by atoms with van der Waals surface area (Å²) in [4.78, 5) is 13.3. The van der Waals surface area contributed by atoms with Gasteiger partial charge >= 0.3 is 0 Å². The van der Waals surface area contributed by atoms with Gasteiger partial charge in [0.1, 0.15) is 0 Å². The van der Waals surface area contributed by atoms with Gasteiger partial charge in [-0.05, 0) is 24.0 Å². The van der Waals surface area contributed by atoms with E-state index in [9.17, 15) is 4.79 Å². The van der Waals surface area contributed by atoms with Crippen LogP contribution in [0, 0.1) is 0 Å². The standard InChI is InChI=1S/C14H17N3O2S2/c1-17(2)13(18)11-6-4-10(5-7-11)8-21-14-16-15-12(19-14)9-20-3/h4-7H,8-9H2,1-3H3. The zero-order chi connectivity index (χ0) is 15.2. The lowest BCUT2D eigenvalue weighted by molar-refractivity contribution is 0.0827. The van der Waals surface area contributed by atoms with E-state index in [0.717, 1.165) is 17.1 Å². The average molecular weight is 323 g/mol. The van der Waals surface area contributed by atoms with Crippen molar-refractivity contribution < 1.29 is 9.21 Å². The highest BCUT2D eigenvalue weighted by Crippen LogP contribution is 2.22. The summed E-state index contributed by atoms with van der Waals surface area (Å²) in [6, 6.07) is 7.57. The topological polar surface area (TPSA) is 59.2 Å². The van der Waals surface area contributed by atoms with Crippen LogP contribution in [0.3, 0.4) is 0 Å². The molecule has 0 atom stereocenters. The zero-order valence-electron chi connectivity index (χ0n) is 12.2. The molecule has 0 aliphatic heterocycles. The van der Waals surface area contributed by atoms with Crippen molar-refractivity contribution in [1.29, 1.82) is 0 Å². The van der Waals surface area contributed by atoms with Gasteiger partial charge in [0, 0.05) is 25.4 Å².